The van der Waals surface area contributed by atoms with E-state index in [1.807, 2.05) is 21.0 Å². The fourth-order valence-electron chi connectivity index (χ4n) is 3.33. The molecule has 17 heavy (non-hydrogen) atoms. The predicted molar refractivity (Wildman–Crippen MR) is 65.1 cm³/mol. The molecule has 2 aliphatic rings. The van der Waals surface area contributed by atoms with Gasteiger partial charge in [0.25, 0.3) is 0 Å². The highest BCUT2D eigenvalue weighted by molar-refractivity contribution is 6.06. The quantitative estimate of drug-likeness (QED) is 0.582. The number of hydrogen-bond acceptors (Lipinski definition) is 3. The Balaban J connectivity index is 2.25. The van der Waals surface area contributed by atoms with Crippen molar-refractivity contribution in [2.45, 2.75) is 25.8 Å². The maximum atomic E-state index is 11.8. The van der Waals surface area contributed by atoms with Crippen molar-refractivity contribution in [3.05, 3.63) is 12.2 Å². The molecule has 4 unspecified atom stereocenters. The van der Waals surface area contributed by atoms with Crippen LogP contribution in [0.3, 0.4) is 0 Å². The molecule has 4 heteroatoms. The van der Waals surface area contributed by atoms with Crippen LogP contribution in [-0.4, -0.2) is 36.9 Å². The average Bonchev–Trinajstić information content (AvgIpc) is 2.67. The summed E-state index contributed by atoms with van der Waals surface area (Å²) in [6.07, 6.45) is 1.75. The smallest absolute Gasteiger partial charge is 0.232 e. The Hall–Kier alpha value is -1.16. The van der Waals surface area contributed by atoms with Crippen LogP contribution >= 0.6 is 0 Å². The zero-order chi connectivity index (χ0) is 12.7. The summed E-state index contributed by atoms with van der Waals surface area (Å²) >= 11 is 0. The van der Waals surface area contributed by atoms with Crippen molar-refractivity contribution in [1.82, 2.24) is 10.2 Å². The summed E-state index contributed by atoms with van der Waals surface area (Å²) in [5, 5.41) is 2.47. The molecule has 1 aliphatic carbocycles. The van der Waals surface area contributed by atoms with Crippen LogP contribution in [0.1, 0.15) is 19.8 Å². The summed E-state index contributed by atoms with van der Waals surface area (Å²) in [5.41, 5.74) is 1.08. The van der Waals surface area contributed by atoms with E-state index in [9.17, 15) is 9.59 Å². The lowest BCUT2D eigenvalue weighted by molar-refractivity contribution is -0.127. The van der Waals surface area contributed by atoms with E-state index >= 15 is 0 Å². The highest BCUT2D eigenvalue weighted by Gasteiger charge is 2.55. The molecule has 4 atom stereocenters. The standard InChI is InChI=1S/C13H20N2O2/c1-7(2)5-8-6-9(15(3)4)11-10(8)12(16)14-13(11)17/h8-11H,1,5-6H2,2-4H3,(H,14,16,17). The van der Waals surface area contributed by atoms with Crippen LogP contribution in [-0.2, 0) is 9.59 Å². The third kappa shape index (κ3) is 2.02. The van der Waals surface area contributed by atoms with E-state index in [-0.39, 0.29) is 35.6 Å². The number of rotatable bonds is 3. The normalized spacial score (nSPS) is 36.2. The maximum Gasteiger partial charge on any atom is 0.232 e. The van der Waals surface area contributed by atoms with Crippen molar-refractivity contribution in [2.24, 2.45) is 17.8 Å². The number of amides is 2. The van der Waals surface area contributed by atoms with E-state index < -0.39 is 0 Å². The van der Waals surface area contributed by atoms with E-state index in [2.05, 4.69) is 16.8 Å². The van der Waals surface area contributed by atoms with Crippen LogP contribution < -0.4 is 5.32 Å². The second-order valence-electron chi connectivity index (χ2n) is 5.59. The van der Waals surface area contributed by atoms with Crippen molar-refractivity contribution < 1.29 is 9.59 Å². The number of fused-ring (bicyclic) bond motifs is 1. The monoisotopic (exact) mass is 236 g/mol. The van der Waals surface area contributed by atoms with Gasteiger partial charge in [-0.15, -0.1) is 6.58 Å². The van der Waals surface area contributed by atoms with Crippen molar-refractivity contribution in [3.63, 3.8) is 0 Å². The van der Waals surface area contributed by atoms with Crippen molar-refractivity contribution in [2.75, 3.05) is 14.1 Å². The maximum absolute atomic E-state index is 11.8. The van der Waals surface area contributed by atoms with Crippen LogP contribution in [0.5, 0.6) is 0 Å². The fraction of sp³-hybridized carbons (Fsp3) is 0.692. The van der Waals surface area contributed by atoms with E-state index in [1.54, 1.807) is 0 Å². The average molecular weight is 236 g/mol. The third-order valence-corrected chi connectivity index (χ3v) is 3.98. The number of nitrogens with one attached hydrogen (secondary N) is 1. The molecular formula is C13H20N2O2. The molecule has 1 saturated carbocycles. The van der Waals surface area contributed by atoms with Crippen LogP contribution in [0.15, 0.2) is 12.2 Å². The van der Waals surface area contributed by atoms with Gasteiger partial charge in [0.05, 0.1) is 11.8 Å². The minimum absolute atomic E-state index is 0.0874. The summed E-state index contributed by atoms with van der Waals surface area (Å²) < 4.78 is 0. The van der Waals surface area contributed by atoms with Gasteiger partial charge in [0, 0.05) is 6.04 Å². The molecule has 0 aromatic carbocycles. The minimum atomic E-state index is -0.165. The molecule has 0 aromatic heterocycles. The molecule has 0 radical (unpaired) electrons. The Morgan fingerprint density at radius 2 is 1.94 bits per heavy atom. The Labute approximate surface area is 102 Å². The van der Waals surface area contributed by atoms with Gasteiger partial charge >= 0.3 is 0 Å². The van der Waals surface area contributed by atoms with Gasteiger partial charge < -0.3 is 4.90 Å². The van der Waals surface area contributed by atoms with Gasteiger partial charge in [0.2, 0.25) is 11.8 Å². The molecule has 0 spiro atoms. The molecule has 2 amide bonds. The van der Waals surface area contributed by atoms with E-state index in [1.165, 1.54) is 0 Å². The first-order valence-electron chi connectivity index (χ1n) is 6.07. The lowest BCUT2D eigenvalue weighted by Gasteiger charge is -2.23. The van der Waals surface area contributed by atoms with Gasteiger partial charge in [-0.25, -0.2) is 0 Å². The van der Waals surface area contributed by atoms with E-state index in [0.717, 1.165) is 18.4 Å². The predicted octanol–water partition coefficient (Wildman–Crippen LogP) is 0.792. The molecule has 2 fully saturated rings. The Bertz CT molecular complexity index is 376. The highest BCUT2D eigenvalue weighted by Crippen LogP contribution is 2.44. The number of carbonyl (C=O) groups excluding carboxylic acids is 2. The van der Waals surface area contributed by atoms with Crippen molar-refractivity contribution in [1.29, 1.82) is 0 Å². The molecule has 0 aromatic rings. The van der Waals surface area contributed by atoms with Crippen LogP contribution in [0.4, 0.5) is 0 Å². The van der Waals surface area contributed by atoms with Gasteiger partial charge in [-0.3, -0.25) is 14.9 Å². The molecule has 1 heterocycles. The first-order valence-corrected chi connectivity index (χ1v) is 6.07. The molecule has 2 rings (SSSR count). The lowest BCUT2D eigenvalue weighted by Crippen LogP contribution is -2.37. The van der Waals surface area contributed by atoms with Crippen LogP contribution in [0.25, 0.3) is 0 Å². The van der Waals surface area contributed by atoms with Gasteiger partial charge in [-0.2, -0.15) is 0 Å². The van der Waals surface area contributed by atoms with Gasteiger partial charge in [0.15, 0.2) is 0 Å². The zero-order valence-corrected chi connectivity index (χ0v) is 10.7. The third-order valence-electron chi connectivity index (χ3n) is 3.98. The SMILES string of the molecule is C=C(C)CC1CC(N(C)C)C2C(=O)NC(=O)C12. The van der Waals surface area contributed by atoms with Crippen molar-refractivity contribution in [3.8, 4) is 0 Å². The van der Waals surface area contributed by atoms with E-state index in [4.69, 9.17) is 0 Å². The zero-order valence-electron chi connectivity index (χ0n) is 10.7. The number of hydrogen-bond donors (Lipinski definition) is 1. The van der Waals surface area contributed by atoms with E-state index in [0.29, 0.717) is 0 Å². The number of imide groups is 1. The Kier molecular flexibility index (Phi) is 3.08. The molecule has 0 bridgehead atoms. The van der Waals surface area contributed by atoms with Crippen LogP contribution in [0.2, 0.25) is 0 Å². The molecular weight excluding hydrogens is 216 g/mol. The first-order chi connectivity index (χ1) is 7.91. The Morgan fingerprint density at radius 3 is 2.47 bits per heavy atom. The summed E-state index contributed by atoms with van der Waals surface area (Å²) in [4.78, 5) is 25.7. The summed E-state index contributed by atoms with van der Waals surface area (Å²) in [5.74, 6) is -0.233. The molecule has 1 saturated heterocycles. The molecule has 4 nitrogen and oxygen atoms in total. The van der Waals surface area contributed by atoms with Gasteiger partial charge in [0.1, 0.15) is 0 Å². The largest absolute Gasteiger partial charge is 0.306 e. The fourth-order valence-corrected chi connectivity index (χ4v) is 3.33. The highest BCUT2D eigenvalue weighted by atomic mass is 16.2. The molecule has 94 valence electrons. The van der Waals surface area contributed by atoms with Gasteiger partial charge in [-0.05, 0) is 39.8 Å². The first kappa shape index (κ1) is 12.3. The second-order valence-corrected chi connectivity index (χ2v) is 5.59. The lowest BCUT2D eigenvalue weighted by atomic mass is 9.87. The topological polar surface area (TPSA) is 49.4 Å². The summed E-state index contributed by atoms with van der Waals surface area (Å²) in [7, 11) is 3.95. The molecule has 1 N–H and O–H groups in total. The summed E-state index contributed by atoms with van der Waals surface area (Å²) in [6, 6.07) is 0.177. The van der Waals surface area contributed by atoms with Crippen LogP contribution in [0, 0.1) is 17.8 Å². The molecule has 1 aliphatic heterocycles. The number of carbonyl (C=O) groups is 2. The number of nitrogens with zero attached hydrogens (tertiary/aromatic N) is 1. The second kappa shape index (κ2) is 4.26. The minimum Gasteiger partial charge on any atom is -0.306 e. The van der Waals surface area contributed by atoms with Gasteiger partial charge in [-0.1, -0.05) is 5.57 Å². The summed E-state index contributed by atoms with van der Waals surface area (Å²) in [6.45, 7) is 5.90. The Morgan fingerprint density at radius 1 is 1.35 bits per heavy atom. The number of allylic oxidation sites excluding steroid dienone is 1. The van der Waals surface area contributed by atoms with Crippen molar-refractivity contribution >= 4 is 11.8 Å².